The molecule has 0 saturated heterocycles. The lowest BCUT2D eigenvalue weighted by Crippen LogP contribution is -2.42. The van der Waals surface area contributed by atoms with Crippen molar-refractivity contribution in [1.82, 2.24) is 5.32 Å². The van der Waals surface area contributed by atoms with E-state index in [0.29, 0.717) is 29.8 Å². The molecule has 0 radical (unpaired) electrons. The van der Waals surface area contributed by atoms with E-state index in [2.05, 4.69) is 50.4 Å². The van der Waals surface area contributed by atoms with Gasteiger partial charge in [0.25, 0.3) is 0 Å². The minimum atomic E-state index is 0.451. The van der Waals surface area contributed by atoms with Gasteiger partial charge >= 0.3 is 0 Å². The van der Waals surface area contributed by atoms with Crippen LogP contribution >= 0.6 is 0 Å². The van der Waals surface area contributed by atoms with Crippen LogP contribution in [0.3, 0.4) is 0 Å². The highest BCUT2D eigenvalue weighted by atomic mass is 14.9. The number of aliphatic imine (C=N–C) groups is 1. The van der Waals surface area contributed by atoms with Gasteiger partial charge in [0, 0.05) is 18.2 Å². The molecule has 5 atom stereocenters. The Hall–Kier alpha value is -0.790. The molecule has 0 aromatic carbocycles. The summed E-state index contributed by atoms with van der Waals surface area (Å²) in [6, 6.07) is 1.04. The minimum absolute atomic E-state index is 0.451. The number of nitrogens with one attached hydrogen (secondary N) is 1. The zero-order chi connectivity index (χ0) is 10.3. The van der Waals surface area contributed by atoms with E-state index in [4.69, 9.17) is 0 Å². The molecule has 2 nitrogen and oxygen atoms in total. The molecule has 0 aliphatic carbocycles. The van der Waals surface area contributed by atoms with Crippen LogP contribution in [-0.2, 0) is 0 Å². The fourth-order valence-electron chi connectivity index (χ4n) is 2.34. The van der Waals surface area contributed by atoms with Crippen LogP contribution in [0.2, 0.25) is 0 Å². The van der Waals surface area contributed by atoms with Gasteiger partial charge in [0.05, 0.1) is 6.04 Å². The van der Waals surface area contributed by atoms with Gasteiger partial charge in [0.2, 0.25) is 0 Å². The Morgan fingerprint density at radius 2 is 1.93 bits per heavy atom. The fraction of sp³-hybridized carbons (Fsp3) is 0.750. The molecule has 0 aromatic rings. The van der Waals surface area contributed by atoms with E-state index in [9.17, 15) is 0 Å². The first-order valence-electron chi connectivity index (χ1n) is 5.60. The van der Waals surface area contributed by atoms with Crippen molar-refractivity contribution in [2.45, 2.75) is 39.8 Å². The lowest BCUT2D eigenvalue weighted by atomic mass is 9.75. The third kappa shape index (κ3) is 1.37. The molecular weight excluding hydrogens is 172 g/mol. The molecule has 2 unspecified atom stereocenters. The van der Waals surface area contributed by atoms with Gasteiger partial charge < -0.3 is 5.32 Å². The predicted octanol–water partition coefficient (Wildman–Crippen LogP) is 2.22. The van der Waals surface area contributed by atoms with E-state index in [1.807, 2.05) is 0 Å². The summed E-state index contributed by atoms with van der Waals surface area (Å²) in [6.45, 7) is 9.15. The van der Waals surface area contributed by atoms with E-state index in [1.54, 1.807) is 0 Å². The molecule has 2 heteroatoms. The number of nitrogens with zero attached hydrogens (tertiary/aromatic N) is 1. The Kier molecular flexibility index (Phi) is 2.38. The van der Waals surface area contributed by atoms with Crippen LogP contribution in [0.4, 0.5) is 0 Å². The molecule has 78 valence electrons. The summed E-state index contributed by atoms with van der Waals surface area (Å²) < 4.78 is 0. The fourth-order valence-corrected chi connectivity index (χ4v) is 2.34. The van der Waals surface area contributed by atoms with E-state index < -0.39 is 0 Å². The second kappa shape index (κ2) is 3.41. The van der Waals surface area contributed by atoms with Gasteiger partial charge in [0.15, 0.2) is 0 Å². The molecule has 0 saturated carbocycles. The van der Waals surface area contributed by atoms with Crippen LogP contribution in [0.15, 0.2) is 16.8 Å². The Morgan fingerprint density at radius 1 is 1.21 bits per heavy atom. The monoisotopic (exact) mass is 192 g/mol. The highest BCUT2D eigenvalue weighted by Gasteiger charge is 2.34. The Balaban J connectivity index is 2.16. The zero-order valence-corrected chi connectivity index (χ0v) is 9.49. The van der Waals surface area contributed by atoms with Gasteiger partial charge in [-0.3, -0.25) is 4.99 Å². The summed E-state index contributed by atoms with van der Waals surface area (Å²) in [5, 5.41) is 3.45. The van der Waals surface area contributed by atoms with E-state index in [-0.39, 0.29) is 0 Å². The maximum absolute atomic E-state index is 4.45. The van der Waals surface area contributed by atoms with Crippen LogP contribution in [0, 0.1) is 17.8 Å². The van der Waals surface area contributed by atoms with Crippen LogP contribution in [-0.4, -0.2) is 18.3 Å². The van der Waals surface area contributed by atoms with Crippen molar-refractivity contribution >= 4 is 6.21 Å². The largest absolute Gasteiger partial charge is 0.388 e. The zero-order valence-electron chi connectivity index (χ0n) is 9.49. The lowest BCUT2D eigenvalue weighted by Gasteiger charge is -2.39. The molecule has 2 rings (SSSR count). The smallest absolute Gasteiger partial charge is 0.0799 e. The third-order valence-electron chi connectivity index (χ3n) is 3.94. The maximum Gasteiger partial charge on any atom is 0.0799 e. The number of rotatable bonds is 1. The van der Waals surface area contributed by atoms with Gasteiger partial charge in [-0.05, 0) is 30.5 Å². The average Bonchev–Trinajstić information content (AvgIpc) is 2.16. The molecule has 2 heterocycles. The molecule has 14 heavy (non-hydrogen) atoms. The second-order valence-electron chi connectivity index (χ2n) is 4.85. The molecule has 2 aliphatic rings. The maximum atomic E-state index is 4.45. The van der Waals surface area contributed by atoms with Crippen molar-refractivity contribution in [2.24, 2.45) is 22.7 Å². The normalized spacial score (nSPS) is 46.6. The minimum Gasteiger partial charge on any atom is -0.388 e. The summed E-state index contributed by atoms with van der Waals surface area (Å²) >= 11 is 0. The molecular formula is C12H20N2. The molecule has 0 fully saturated rings. The molecule has 0 amide bonds. The highest BCUT2D eigenvalue weighted by molar-refractivity contribution is 5.69. The van der Waals surface area contributed by atoms with Crippen molar-refractivity contribution in [3.8, 4) is 0 Å². The van der Waals surface area contributed by atoms with E-state index >= 15 is 0 Å². The SMILES string of the molecule is CC1C=N[C@@H]1C1=CN[C@H](C)[C@@H](C)C1C. The second-order valence-corrected chi connectivity index (χ2v) is 4.85. The summed E-state index contributed by atoms with van der Waals surface area (Å²) in [4.78, 5) is 4.45. The van der Waals surface area contributed by atoms with Gasteiger partial charge in [0.1, 0.15) is 0 Å². The van der Waals surface area contributed by atoms with E-state index in [1.165, 1.54) is 5.57 Å². The standard InChI is InChI=1S/C12H20N2/c1-7-5-14-12(7)11-6-13-10(4)8(2)9(11)3/h5-10,12-13H,1-4H3/t7?,8-,9?,10+,12-/m0/s1. The number of hydrogen-bond donors (Lipinski definition) is 1. The van der Waals surface area contributed by atoms with Gasteiger partial charge in [-0.1, -0.05) is 20.8 Å². The molecule has 0 bridgehead atoms. The van der Waals surface area contributed by atoms with Crippen molar-refractivity contribution in [3.63, 3.8) is 0 Å². The van der Waals surface area contributed by atoms with E-state index in [0.717, 1.165) is 0 Å². The van der Waals surface area contributed by atoms with Gasteiger partial charge in [-0.15, -0.1) is 0 Å². The topological polar surface area (TPSA) is 24.4 Å². The van der Waals surface area contributed by atoms with Crippen molar-refractivity contribution in [3.05, 3.63) is 11.8 Å². The molecule has 2 aliphatic heterocycles. The van der Waals surface area contributed by atoms with Gasteiger partial charge in [-0.25, -0.2) is 0 Å². The Labute approximate surface area is 86.5 Å². The first-order chi connectivity index (χ1) is 6.61. The van der Waals surface area contributed by atoms with Crippen LogP contribution in [0.5, 0.6) is 0 Å². The third-order valence-corrected chi connectivity index (χ3v) is 3.94. The highest BCUT2D eigenvalue weighted by Crippen LogP contribution is 2.34. The van der Waals surface area contributed by atoms with Gasteiger partial charge in [-0.2, -0.15) is 0 Å². The van der Waals surface area contributed by atoms with Crippen LogP contribution in [0.1, 0.15) is 27.7 Å². The Morgan fingerprint density at radius 3 is 2.43 bits per heavy atom. The summed E-state index contributed by atoms with van der Waals surface area (Å²) in [6.07, 6.45) is 4.26. The molecule has 0 aromatic heterocycles. The predicted molar refractivity (Wildman–Crippen MR) is 60.5 cm³/mol. The lowest BCUT2D eigenvalue weighted by molar-refractivity contribution is 0.306. The summed E-state index contributed by atoms with van der Waals surface area (Å²) in [5.74, 6) is 2.00. The number of hydrogen-bond acceptors (Lipinski definition) is 2. The summed E-state index contributed by atoms with van der Waals surface area (Å²) in [7, 11) is 0. The van der Waals surface area contributed by atoms with Crippen LogP contribution < -0.4 is 5.32 Å². The van der Waals surface area contributed by atoms with Crippen molar-refractivity contribution < 1.29 is 0 Å². The first kappa shape index (κ1) is 9.75. The van der Waals surface area contributed by atoms with Crippen molar-refractivity contribution in [2.75, 3.05) is 0 Å². The first-order valence-corrected chi connectivity index (χ1v) is 5.60. The van der Waals surface area contributed by atoms with Crippen LogP contribution in [0.25, 0.3) is 0 Å². The molecule has 0 spiro atoms. The Bertz CT molecular complexity index is 280. The van der Waals surface area contributed by atoms with Crippen molar-refractivity contribution in [1.29, 1.82) is 0 Å². The average molecular weight is 192 g/mol. The quantitative estimate of drug-likeness (QED) is 0.677. The summed E-state index contributed by atoms with van der Waals surface area (Å²) in [5.41, 5.74) is 1.49. The molecule has 1 N–H and O–H groups in total.